The van der Waals surface area contributed by atoms with E-state index in [0.29, 0.717) is 18.1 Å². The van der Waals surface area contributed by atoms with Crippen molar-refractivity contribution in [2.24, 2.45) is 10.1 Å². The average molecular weight is 373 g/mol. The van der Waals surface area contributed by atoms with Gasteiger partial charge in [0.2, 0.25) is 5.96 Å². The van der Waals surface area contributed by atoms with Crippen molar-refractivity contribution in [1.29, 1.82) is 0 Å². The zero-order valence-electron chi connectivity index (χ0n) is 14.8. The van der Waals surface area contributed by atoms with Crippen LogP contribution in [-0.2, 0) is 4.79 Å². The molecule has 2 unspecified atom stereocenters. The smallest absolute Gasteiger partial charge is 0.325 e. The van der Waals surface area contributed by atoms with Crippen LogP contribution in [0.3, 0.4) is 0 Å². The standard InChI is InChI=1S/C16H19N7O4/c1-3-8-22-12-13(21(2)16(25)19-14(12)24)18-15(22)20-17-9-10-4-6-11(7-5-10)23(26)27/h4-7,9,12-13H,3,8H2,1-2H3,(H,18,20)(H,19,24,25)/b17-9+. The van der Waals surface area contributed by atoms with Crippen molar-refractivity contribution >= 4 is 29.8 Å². The number of nitro groups is 1. The number of hydrogen-bond donors (Lipinski definition) is 2. The van der Waals surface area contributed by atoms with Gasteiger partial charge in [-0.25, -0.2) is 15.2 Å². The summed E-state index contributed by atoms with van der Waals surface area (Å²) in [6.45, 7) is 2.54. The number of hydrogen-bond acceptors (Lipinski definition) is 8. The Balaban J connectivity index is 1.75. The van der Waals surface area contributed by atoms with Gasteiger partial charge in [-0.05, 0) is 24.1 Å². The maximum atomic E-state index is 12.2. The molecular weight excluding hydrogens is 354 g/mol. The van der Waals surface area contributed by atoms with Crippen LogP contribution in [-0.4, -0.2) is 64.6 Å². The molecule has 11 heteroatoms. The van der Waals surface area contributed by atoms with Crippen molar-refractivity contribution in [1.82, 2.24) is 20.5 Å². The first kappa shape index (κ1) is 18.3. The third kappa shape index (κ3) is 3.57. The molecule has 2 aliphatic heterocycles. The van der Waals surface area contributed by atoms with Gasteiger partial charge in [-0.15, -0.1) is 0 Å². The number of non-ortho nitro benzene ring substituents is 1. The van der Waals surface area contributed by atoms with E-state index in [1.807, 2.05) is 6.92 Å². The number of urea groups is 1. The predicted molar refractivity (Wildman–Crippen MR) is 97.1 cm³/mol. The van der Waals surface area contributed by atoms with Crippen molar-refractivity contribution in [2.75, 3.05) is 13.6 Å². The maximum absolute atomic E-state index is 12.2. The average Bonchev–Trinajstić information content (AvgIpc) is 3.00. The first-order valence-corrected chi connectivity index (χ1v) is 8.38. The molecule has 0 radical (unpaired) electrons. The van der Waals surface area contributed by atoms with E-state index in [0.717, 1.165) is 6.42 Å². The number of nitrogens with zero attached hydrogens (tertiary/aromatic N) is 5. The van der Waals surface area contributed by atoms with Crippen LogP contribution in [0.5, 0.6) is 0 Å². The van der Waals surface area contributed by atoms with Crippen LogP contribution in [0.4, 0.5) is 10.5 Å². The van der Waals surface area contributed by atoms with E-state index in [4.69, 9.17) is 0 Å². The highest BCUT2D eigenvalue weighted by Crippen LogP contribution is 2.23. The van der Waals surface area contributed by atoms with Crippen molar-refractivity contribution in [3.05, 3.63) is 39.9 Å². The van der Waals surface area contributed by atoms with Gasteiger partial charge in [-0.3, -0.25) is 20.2 Å². The van der Waals surface area contributed by atoms with Crippen LogP contribution in [0.2, 0.25) is 0 Å². The fraction of sp³-hybridized carbons (Fsp3) is 0.375. The Morgan fingerprint density at radius 3 is 2.70 bits per heavy atom. The molecule has 2 aliphatic rings. The summed E-state index contributed by atoms with van der Waals surface area (Å²) in [5.41, 5.74) is 3.47. The summed E-state index contributed by atoms with van der Waals surface area (Å²) in [5, 5.41) is 17.1. The normalized spacial score (nSPS) is 21.9. The number of aliphatic imine (C=N–C) groups is 1. The first-order chi connectivity index (χ1) is 12.9. The third-order valence-electron chi connectivity index (χ3n) is 4.31. The third-order valence-corrected chi connectivity index (χ3v) is 4.31. The summed E-state index contributed by atoms with van der Waals surface area (Å²) < 4.78 is 0. The number of nitro benzene ring substituents is 1. The summed E-state index contributed by atoms with van der Waals surface area (Å²) in [7, 11) is 1.58. The lowest BCUT2D eigenvalue weighted by Gasteiger charge is -2.35. The highest BCUT2D eigenvalue weighted by atomic mass is 16.6. The van der Waals surface area contributed by atoms with E-state index in [9.17, 15) is 19.7 Å². The molecule has 0 spiro atoms. The number of imide groups is 1. The molecule has 142 valence electrons. The number of fused-ring (bicyclic) bond motifs is 1. The highest BCUT2D eigenvalue weighted by molar-refractivity contribution is 6.03. The summed E-state index contributed by atoms with van der Waals surface area (Å²) in [6.07, 6.45) is 1.66. The number of carbonyl (C=O) groups excluding carboxylic acids is 2. The van der Waals surface area contributed by atoms with Crippen LogP contribution in [0.25, 0.3) is 0 Å². The van der Waals surface area contributed by atoms with Crippen molar-refractivity contribution in [2.45, 2.75) is 25.6 Å². The Morgan fingerprint density at radius 2 is 2.07 bits per heavy atom. The molecule has 1 saturated heterocycles. The van der Waals surface area contributed by atoms with E-state index in [-0.39, 0.29) is 5.69 Å². The van der Waals surface area contributed by atoms with Gasteiger partial charge in [0, 0.05) is 25.7 Å². The van der Waals surface area contributed by atoms with Gasteiger partial charge in [0.15, 0.2) is 12.2 Å². The van der Waals surface area contributed by atoms with E-state index in [2.05, 4.69) is 20.8 Å². The lowest BCUT2D eigenvalue weighted by molar-refractivity contribution is -0.384. The minimum atomic E-state index is -0.616. The number of guanidine groups is 1. The van der Waals surface area contributed by atoms with Gasteiger partial charge in [-0.1, -0.05) is 6.92 Å². The monoisotopic (exact) mass is 373 g/mol. The zero-order chi connectivity index (χ0) is 19.6. The molecular formula is C16H19N7O4. The predicted octanol–water partition coefficient (Wildman–Crippen LogP) is 0.476. The number of amides is 3. The first-order valence-electron chi connectivity index (χ1n) is 8.38. The van der Waals surface area contributed by atoms with E-state index in [1.165, 1.54) is 23.2 Å². The fourth-order valence-electron chi connectivity index (χ4n) is 2.95. The summed E-state index contributed by atoms with van der Waals surface area (Å²) in [5.74, 6) is -0.00170. The Morgan fingerprint density at radius 1 is 1.37 bits per heavy atom. The second-order valence-electron chi connectivity index (χ2n) is 6.13. The molecule has 0 saturated carbocycles. The van der Waals surface area contributed by atoms with E-state index < -0.39 is 29.1 Å². The number of carbonyl (C=O) groups is 2. The van der Waals surface area contributed by atoms with Crippen molar-refractivity contribution in [3.8, 4) is 0 Å². The zero-order valence-corrected chi connectivity index (χ0v) is 14.8. The van der Waals surface area contributed by atoms with E-state index >= 15 is 0 Å². The topological polar surface area (TPSA) is 133 Å². The second-order valence-corrected chi connectivity index (χ2v) is 6.13. The Labute approximate surface area is 154 Å². The van der Waals surface area contributed by atoms with Gasteiger partial charge >= 0.3 is 6.03 Å². The lowest BCUT2D eigenvalue weighted by Crippen LogP contribution is -2.64. The molecule has 1 aromatic carbocycles. The fourth-order valence-corrected chi connectivity index (χ4v) is 2.95. The lowest BCUT2D eigenvalue weighted by atomic mass is 10.1. The van der Waals surface area contributed by atoms with Gasteiger partial charge in [0.1, 0.15) is 0 Å². The molecule has 0 bridgehead atoms. The highest BCUT2D eigenvalue weighted by Gasteiger charge is 2.48. The summed E-state index contributed by atoms with van der Waals surface area (Å²) in [4.78, 5) is 41.8. The number of hydrazone groups is 1. The molecule has 3 amide bonds. The SMILES string of the molecule is CCCN1C(N/N=C/c2ccc([N+](=O)[O-])cc2)=NC2C1C(=O)NC(=O)N2C. The molecule has 0 aliphatic carbocycles. The molecule has 11 nitrogen and oxygen atoms in total. The van der Waals surface area contributed by atoms with Gasteiger partial charge in [0.05, 0.1) is 11.1 Å². The Kier molecular flexibility index (Phi) is 5.01. The number of rotatable bonds is 5. The summed E-state index contributed by atoms with van der Waals surface area (Å²) in [6, 6.07) is 4.82. The van der Waals surface area contributed by atoms with E-state index in [1.54, 1.807) is 24.1 Å². The molecule has 2 N–H and O–H groups in total. The quantitative estimate of drug-likeness (QED) is 0.438. The van der Waals surface area contributed by atoms with Crippen LogP contribution in [0.15, 0.2) is 34.4 Å². The summed E-state index contributed by atoms with van der Waals surface area (Å²) >= 11 is 0. The minimum Gasteiger partial charge on any atom is -0.326 e. The maximum Gasteiger partial charge on any atom is 0.325 e. The van der Waals surface area contributed by atoms with Gasteiger partial charge < -0.3 is 9.80 Å². The van der Waals surface area contributed by atoms with Crippen LogP contribution in [0.1, 0.15) is 18.9 Å². The molecule has 2 heterocycles. The molecule has 1 fully saturated rings. The molecule has 27 heavy (non-hydrogen) atoms. The number of likely N-dealkylation sites (N-methyl/N-ethyl adjacent to an activating group) is 1. The second kappa shape index (κ2) is 7.40. The van der Waals surface area contributed by atoms with Gasteiger partial charge in [-0.2, -0.15) is 5.10 Å². The number of nitrogens with one attached hydrogen (secondary N) is 2. The van der Waals surface area contributed by atoms with Crippen LogP contribution < -0.4 is 10.7 Å². The van der Waals surface area contributed by atoms with Crippen LogP contribution >= 0.6 is 0 Å². The van der Waals surface area contributed by atoms with Crippen molar-refractivity contribution in [3.63, 3.8) is 0 Å². The minimum absolute atomic E-state index is 0.00260. The molecule has 2 atom stereocenters. The molecule has 1 aromatic rings. The largest absolute Gasteiger partial charge is 0.326 e. The molecule has 3 rings (SSSR count). The number of benzene rings is 1. The van der Waals surface area contributed by atoms with Crippen LogP contribution in [0, 0.1) is 10.1 Å². The van der Waals surface area contributed by atoms with Gasteiger partial charge in [0.25, 0.3) is 11.6 Å². The Bertz CT molecular complexity index is 821. The Hall–Kier alpha value is -3.50. The van der Waals surface area contributed by atoms with Crippen molar-refractivity contribution < 1.29 is 14.5 Å². The molecule has 0 aromatic heterocycles.